The van der Waals surface area contributed by atoms with Crippen molar-refractivity contribution < 1.29 is 9.15 Å². The molecule has 1 heterocycles. The number of ether oxygens (including phenoxy) is 1. The van der Waals surface area contributed by atoms with Gasteiger partial charge in [-0.25, -0.2) is 0 Å². The van der Waals surface area contributed by atoms with E-state index in [0.29, 0.717) is 25.7 Å². The van der Waals surface area contributed by atoms with Crippen LogP contribution in [-0.4, -0.2) is 19.1 Å². The predicted octanol–water partition coefficient (Wildman–Crippen LogP) is 3.54. The number of anilines is 1. The van der Waals surface area contributed by atoms with E-state index in [9.17, 15) is 0 Å². The highest BCUT2D eigenvalue weighted by Crippen LogP contribution is 2.08. The molecule has 0 aliphatic heterocycles. The predicted molar refractivity (Wildman–Crippen MR) is 99.7 cm³/mol. The molecule has 0 aliphatic carbocycles. The second-order valence-electron chi connectivity index (χ2n) is 4.75. The first-order valence-electron chi connectivity index (χ1n) is 6.98. The SMILES string of the molecule is Cc1cccc(NC(N)=NCCCOCc2ccco2)c1.I. The van der Waals surface area contributed by atoms with Crippen LogP contribution in [0.25, 0.3) is 0 Å². The fourth-order valence-electron chi connectivity index (χ4n) is 1.84. The Morgan fingerprint density at radius 3 is 2.91 bits per heavy atom. The molecule has 3 N–H and O–H groups in total. The van der Waals surface area contributed by atoms with Crippen LogP contribution in [0.1, 0.15) is 17.7 Å². The number of hydrogen-bond acceptors (Lipinski definition) is 3. The van der Waals surface area contributed by atoms with Crippen LogP contribution < -0.4 is 11.1 Å². The van der Waals surface area contributed by atoms with Crippen molar-refractivity contribution in [3.05, 3.63) is 54.0 Å². The van der Waals surface area contributed by atoms with Gasteiger partial charge in [0.15, 0.2) is 5.96 Å². The van der Waals surface area contributed by atoms with E-state index in [4.69, 9.17) is 14.9 Å². The summed E-state index contributed by atoms with van der Waals surface area (Å²) in [5, 5.41) is 3.07. The monoisotopic (exact) mass is 415 g/mol. The van der Waals surface area contributed by atoms with Gasteiger partial charge >= 0.3 is 0 Å². The lowest BCUT2D eigenvalue weighted by Crippen LogP contribution is -2.23. The molecule has 1 aromatic carbocycles. The first-order chi connectivity index (χ1) is 10.2. The molecule has 6 heteroatoms. The van der Waals surface area contributed by atoms with Gasteiger partial charge in [-0.1, -0.05) is 12.1 Å². The lowest BCUT2D eigenvalue weighted by molar-refractivity contribution is 0.105. The van der Waals surface area contributed by atoms with Crippen molar-refractivity contribution in [2.45, 2.75) is 20.0 Å². The van der Waals surface area contributed by atoms with Crippen molar-refractivity contribution in [2.75, 3.05) is 18.5 Å². The minimum absolute atomic E-state index is 0. The fourth-order valence-corrected chi connectivity index (χ4v) is 1.84. The van der Waals surface area contributed by atoms with Crippen LogP contribution in [0.3, 0.4) is 0 Å². The number of aliphatic imine (C=N–C) groups is 1. The first-order valence-corrected chi connectivity index (χ1v) is 6.98. The second kappa shape index (κ2) is 10.2. The maximum absolute atomic E-state index is 5.83. The number of nitrogens with zero attached hydrogens (tertiary/aromatic N) is 1. The van der Waals surface area contributed by atoms with Crippen LogP contribution in [0.5, 0.6) is 0 Å². The van der Waals surface area contributed by atoms with Crippen molar-refractivity contribution in [2.24, 2.45) is 10.7 Å². The molecule has 1 aromatic heterocycles. The Morgan fingerprint density at radius 1 is 1.32 bits per heavy atom. The van der Waals surface area contributed by atoms with E-state index in [0.717, 1.165) is 17.9 Å². The van der Waals surface area contributed by atoms with Crippen LogP contribution in [0.4, 0.5) is 5.69 Å². The number of furan rings is 1. The standard InChI is InChI=1S/C16H21N3O2.HI/c1-13-5-2-6-14(11-13)19-16(17)18-8-4-9-20-12-15-7-3-10-21-15;/h2-3,5-7,10-11H,4,8-9,12H2,1H3,(H3,17,18,19);1H. The summed E-state index contributed by atoms with van der Waals surface area (Å²) in [6.45, 7) is 3.79. The highest BCUT2D eigenvalue weighted by molar-refractivity contribution is 14.0. The summed E-state index contributed by atoms with van der Waals surface area (Å²) in [4.78, 5) is 4.26. The summed E-state index contributed by atoms with van der Waals surface area (Å²) in [6, 6.07) is 11.7. The quantitative estimate of drug-likeness (QED) is 0.314. The molecule has 120 valence electrons. The van der Waals surface area contributed by atoms with Crippen LogP contribution >= 0.6 is 24.0 Å². The van der Waals surface area contributed by atoms with Gasteiger partial charge in [0, 0.05) is 18.8 Å². The number of nitrogens with two attached hydrogens (primary N) is 1. The second-order valence-corrected chi connectivity index (χ2v) is 4.75. The fraction of sp³-hybridized carbons (Fsp3) is 0.312. The Balaban J connectivity index is 0.00000242. The Bertz CT molecular complexity index is 571. The first kappa shape index (κ1) is 18.5. The summed E-state index contributed by atoms with van der Waals surface area (Å²) in [6.07, 6.45) is 2.46. The summed E-state index contributed by atoms with van der Waals surface area (Å²) < 4.78 is 10.6. The average Bonchev–Trinajstić information content (AvgIpc) is 2.96. The normalized spacial score (nSPS) is 11.0. The minimum Gasteiger partial charge on any atom is -0.467 e. The van der Waals surface area contributed by atoms with Gasteiger partial charge < -0.3 is 20.2 Å². The van der Waals surface area contributed by atoms with Gasteiger partial charge in [-0.05, 0) is 43.2 Å². The van der Waals surface area contributed by atoms with Crippen LogP contribution in [0.2, 0.25) is 0 Å². The third kappa shape index (κ3) is 6.95. The molecule has 2 aromatic rings. The summed E-state index contributed by atoms with van der Waals surface area (Å²) in [5.41, 5.74) is 7.96. The average molecular weight is 415 g/mol. The van der Waals surface area contributed by atoms with Gasteiger partial charge in [0.1, 0.15) is 12.4 Å². The molecule has 0 bridgehead atoms. The van der Waals surface area contributed by atoms with Crippen LogP contribution in [0.15, 0.2) is 52.1 Å². The van der Waals surface area contributed by atoms with Crippen molar-refractivity contribution in [3.63, 3.8) is 0 Å². The lowest BCUT2D eigenvalue weighted by atomic mass is 10.2. The molecular formula is C16H22IN3O2. The van der Waals surface area contributed by atoms with Gasteiger partial charge in [-0.2, -0.15) is 0 Å². The zero-order valence-corrected chi connectivity index (χ0v) is 14.9. The third-order valence-corrected chi connectivity index (χ3v) is 2.84. The van der Waals surface area contributed by atoms with Gasteiger partial charge in [0.25, 0.3) is 0 Å². The van der Waals surface area contributed by atoms with E-state index in [1.807, 2.05) is 43.3 Å². The maximum atomic E-state index is 5.83. The molecule has 22 heavy (non-hydrogen) atoms. The van der Waals surface area contributed by atoms with E-state index in [1.54, 1.807) is 6.26 Å². The van der Waals surface area contributed by atoms with E-state index in [-0.39, 0.29) is 24.0 Å². The van der Waals surface area contributed by atoms with Gasteiger partial charge in [-0.3, -0.25) is 4.99 Å². The third-order valence-electron chi connectivity index (χ3n) is 2.84. The van der Waals surface area contributed by atoms with E-state index >= 15 is 0 Å². The molecular weight excluding hydrogens is 393 g/mol. The van der Waals surface area contributed by atoms with Crippen LogP contribution in [-0.2, 0) is 11.3 Å². The number of nitrogens with one attached hydrogen (secondary N) is 1. The molecule has 0 radical (unpaired) electrons. The summed E-state index contributed by atoms with van der Waals surface area (Å²) >= 11 is 0. The number of aryl methyl sites for hydroxylation is 1. The van der Waals surface area contributed by atoms with Crippen molar-refractivity contribution in [1.82, 2.24) is 0 Å². The zero-order valence-electron chi connectivity index (χ0n) is 12.6. The molecule has 0 amide bonds. The topological polar surface area (TPSA) is 72.8 Å². The summed E-state index contributed by atoms with van der Waals surface area (Å²) in [5.74, 6) is 1.26. The summed E-state index contributed by atoms with van der Waals surface area (Å²) in [7, 11) is 0. The number of hydrogen-bond donors (Lipinski definition) is 2. The smallest absolute Gasteiger partial charge is 0.193 e. The molecule has 0 fully saturated rings. The maximum Gasteiger partial charge on any atom is 0.193 e. The Morgan fingerprint density at radius 2 is 2.18 bits per heavy atom. The van der Waals surface area contributed by atoms with E-state index < -0.39 is 0 Å². The van der Waals surface area contributed by atoms with Crippen molar-refractivity contribution in [1.29, 1.82) is 0 Å². The lowest BCUT2D eigenvalue weighted by Gasteiger charge is -2.06. The van der Waals surface area contributed by atoms with E-state index in [2.05, 4.69) is 10.3 Å². The Labute approximate surface area is 148 Å². The zero-order chi connectivity index (χ0) is 14.9. The number of rotatable bonds is 7. The molecule has 0 atom stereocenters. The largest absolute Gasteiger partial charge is 0.467 e. The number of guanidine groups is 1. The highest BCUT2D eigenvalue weighted by Gasteiger charge is 1.97. The van der Waals surface area contributed by atoms with Crippen molar-refractivity contribution in [3.8, 4) is 0 Å². The van der Waals surface area contributed by atoms with Crippen molar-refractivity contribution >= 4 is 35.6 Å². The minimum atomic E-state index is 0. The highest BCUT2D eigenvalue weighted by atomic mass is 127. The molecule has 5 nitrogen and oxygen atoms in total. The Kier molecular flexibility index (Phi) is 8.61. The van der Waals surface area contributed by atoms with Gasteiger partial charge in [0.05, 0.1) is 6.26 Å². The van der Waals surface area contributed by atoms with E-state index in [1.165, 1.54) is 5.56 Å². The molecule has 0 unspecified atom stereocenters. The molecule has 0 aliphatic rings. The van der Waals surface area contributed by atoms with Crippen LogP contribution in [0, 0.1) is 6.92 Å². The molecule has 0 spiro atoms. The number of halogens is 1. The molecule has 0 saturated carbocycles. The molecule has 2 rings (SSSR count). The number of benzene rings is 1. The van der Waals surface area contributed by atoms with Gasteiger partial charge in [0.2, 0.25) is 0 Å². The molecule has 0 saturated heterocycles. The Hall–Kier alpha value is -1.54. The van der Waals surface area contributed by atoms with Gasteiger partial charge in [-0.15, -0.1) is 24.0 Å².